The van der Waals surface area contributed by atoms with Gasteiger partial charge in [-0.2, -0.15) is 0 Å². The van der Waals surface area contributed by atoms with E-state index in [-0.39, 0.29) is 41.9 Å². The number of carbonyl (C=O) groups is 1. The van der Waals surface area contributed by atoms with E-state index >= 15 is 0 Å². The molecule has 0 bridgehead atoms. The summed E-state index contributed by atoms with van der Waals surface area (Å²) in [5, 5.41) is 9.94. The summed E-state index contributed by atoms with van der Waals surface area (Å²) in [6, 6.07) is 0. The highest BCUT2D eigenvalue weighted by Crippen LogP contribution is 2.47. The van der Waals surface area contributed by atoms with Crippen LogP contribution in [0.3, 0.4) is 0 Å². The lowest BCUT2D eigenvalue weighted by molar-refractivity contribution is -0.148. The molecule has 0 amide bonds. The number of esters is 1. The molecular weight excluding hydrogens is 408 g/mol. The number of hydrogen-bond acceptors (Lipinski definition) is 6. The molecule has 0 spiro atoms. The fourth-order valence-electron chi connectivity index (χ4n) is 5.16. The van der Waals surface area contributed by atoms with Gasteiger partial charge in [-0.15, -0.1) is 0 Å². The first-order chi connectivity index (χ1) is 15.0. The van der Waals surface area contributed by atoms with Gasteiger partial charge in [0.15, 0.2) is 0 Å². The largest absolute Gasteiger partial charge is 0.469 e. The lowest BCUT2D eigenvalue weighted by atomic mass is 9.85. The summed E-state index contributed by atoms with van der Waals surface area (Å²) in [5.74, 6) is 0.627. The summed E-state index contributed by atoms with van der Waals surface area (Å²) >= 11 is 0. The fourth-order valence-corrected chi connectivity index (χ4v) is 5.16. The van der Waals surface area contributed by atoms with Gasteiger partial charge in [0.25, 0.3) is 0 Å². The molecule has 6 nitrogen and oxygen atoms in total. The van der Waals surface area contributed by atoms with Crippen LogP contribution >= 0.6 is 0 Å². The van der Waals surface area contributed by atoms with Crippen molar-refractivity contribution < 1.29 is 28.8 Å². The van der Waals surface area contributed by atoms with E-state index in [1.165, 1.54) is 12.7 Å². The average molecular weight is 453 g/mol. The first kappa shape index (κ1) is 27.0. The number of allylic oxidation sites excluding steroid dienone is 3. The summed E-state index contributed by atoms with van der Waals surface area (Å²) < 4.78 is 22.6. The molecule has 32 heavy (non-hydrogen) atoms. The lowest BCUT2D eigenvalue weighted by Gasteiger charge is -2.35. The normalized spacial score (nSPS) is 34.7. The van der Waals surface area contributed by atoms with Gasteiger partial charge in [0.1, 0.15) is 0 Å². The summed E-state index contributed by atoms with van der Waals surface area (Å²) in [6.07, 6.45) is 8.99. The average Bonchev–Trinajstić information content (AvgIpc) is 3.39. The Morgan fingerprint density at radius 3 is 2.53 bits per heavy atom. The van der Waals surface area contributed by atoms with E-state index in [1.807, 2.05) is 0 Å². The van der Waals surface area contributed by atoms with Crippen LogP contribution in [0, 0.1) is 17.8 Å². The number of epoxide rings is 1. The lowest BCUT2D eigenvalue weighted by Crippen LogP contribution is -2.36. The Morgan fingerprint density at radius 1 is 1.25 bits per heavy atom. The third kappa shape index (κ3) is 7.14. The monoisotopic (exact) mass is 452 g/mol. The second kappa shape index (κ2) is 11.8. The highest BCUT2D eigenvalue weighted by Gasteiger charge is 2.56. The number of hydrogen-bond donors (Lipinski definition) is 1. The van der Waals surface area contributed by atoms with Crippen molar-refractivity contribution in [3.8, 4) is 0 Å². The van der Waals surface area contributed by atoms with Gasteiger partial charge in [-0.3, -0.25) is 4.79 Å². The van der Waals surface area contributed by atoms with Gasteiger partial charge in [-0.1, -0.05) is 39.0 Å². The van der Waals surface area contributed by atoms with Crippen LogP contribution in [-0.2, 0) is 23.7 Å². The van der Waals surface area contributed by atoms with Crippen molar-refractivity contribution in [2.75, 3.05) is 14.2 Å². The third-order valence-corrected chi connectivity index (χ3v) is 7.17. The van der Waals surface area contributed by atoms with Gasteiger partial charge in [-0.05, 0) is 57.4 Å². The molecule has 0 aromatic carbocycles. The van der Waals surface area contributed by atoms with Gasteiger partial charge in [0.2, 0.25) is 0 Å². The summed E-state index contributed by atoms with van der Waals surface area (Å²) in [5.41, 5.74) is 0.993. The smallest absolute Gasteiger partial charge is 0.308 e. The molecule has 0 aromatic rings. The minimum absolute atomic E-state index is 0.0433. The van der Waals surface area contributed by atoms with E-state index in [9.17, 15) is 9.90 Å². The van der Waals surface area contributed by atoms with Crippen LogP contribution in [0.15, 0.2) is 23.8 Å². The number of rotatable bonds is 11. The van der Waals surface area contributed by atoms with Crippen LogP contribution in [0.4, 0.5) is 0 Å². The Labute approximate surface area is 194 Å². The summed E-state index contributed by atoms with van der Waals surface area (Å²) in [7, 11) is 3.06. The Kier molecular flexibility index (Phi) is 9.95. The van der Waals surface area contributed by atoms with Crippen molar-refractivity contribution in [1.29, 1.82) is 0 Å². The van der Waals surface area contributed by atoms with Crippen LogP contribution in [0.2, 0.25) is 0 Å². The molecule has 1 N–H and O–H groups in total. The van der Waals surface area contributed by atoms with Crippen molar-refractivity contribution in [2.45, 2.75) is 103 Å². The van der Waals surface area contributed by atoms with Crippen molar-refractivity contribution in [2.24, 2.45) is 17.8 Å². The second-order valence-corrected chi connectivity index (χ2v) is 10.1. The predicted octanol–water partition coefficient (Wildman–Crippen LogP) is 4.45. The van der Waals surface area contributed by atoms with Gasteiger partial charge in [-0.25, -0.2) is 0 Å². The Hall–Kier alpha value is -1.21. The maximum Gasteiger partial charge on any atom is 0.308 e. The third-order valence-electron chi connectivity index (χ3n) is 7.17. The standard InChI is InChI=1S/C26H44O6/c1-16(15-26(6)25(32-26)19(4)24(30-8)20(5)27)10-9-11-17(2)21-13-12-18(3)22(31-21)14-23(28)29-7/h9-11,16,18-22,24-25,27H,12-15H2,1-8H3/b10-9+,17-11+/t16-,18+,19-,20-,21+,22+,24-,25-,26-/m1/s1. The topological polar surface area (TPSA) is 77.5 Å². The summed E-state index contributed by atoms with van der Waals surface area (Å²) in [4.78, 5) is 11.7. The maximum atomic E-state index is 11.7. The second-order valence-electron chi connectivity index (χ2n) is 10.1. The zero-order valence-electron chi connectivity index (χ0n) is 21.2. The first-order valence-electron chi connectivity index (χ1n) is 12.0. The quantitative estimate of drug-likeness (QED) is 0.283. The molecule has 0 unspecified atom stereocenters. The van der Waals surface area contributed by atoms with Crippen LogP contribution in [0.25, 0.3) is 0 Å². The van der Waals surface area contributed by atoms with Crippen molar-refractivity contribution in [3.05, 3.63) is 23.8 Å². The highest BCUT2D eigenvalue weighted by atomic mass is 16.6. The molecule has 6 heteroatoms. The molecule has 0 radical (unpaired) electrons. The number of carbonyl (C=O) groups excluding carboxylic acids is 1. The predicted molar refractivity (Wildman–Crippen MR) is 125 cm³/mol. The maximum absolute atomic E-state index is 11.7. The molecule has 2 saturated heterocycles. The molecule has 2 heterocycles. The number of ether oxygens (including phenoxy) is 4. The summed E-state index contributed by atoms with van der Waals surface area (Å²) in [6.45, 7) is 12.4. The van der Waals surface area contributed by atoms with Crippen LogP contribution < -0.4 is 0 Å². The molecular formula is C26H44O6. The highest BCUT2D eigenvalue weighted by molar-refractivity contribution is 5.69. The SMILES string of the molecule is COC(=O)C[C@@H]1O[C@H](/C(C)=C/C=C/[C@@H](C)C[C@@]2(C)O[C@@H]2[C@H](C)[C@@H](OC)[C@@H](C)O)CC[C@@H]1C. The van der Waals surface area contributed by atoms with E-state index in [4.69, 9.17) is 18.9 Å². The zero-order valence-corrected chi connectivity index (χ0v) is 21.2. The van der Waals surface area contributed by atoms with Crippen LogP contribution in [0.1, 0.15) is 67.2 Å². The minimum atomic E-state index is -0.522. The molecule has 184 valence electrons. The van der Waals surface area contributed by atoms with E-state index < -0.39 is 6.10 Å². The van der Waals surface area contributed by atoms with Gasteiger partial charge in [0.05, 0.1) is 49.7 Å². The Morgan fingerprint density at radius 2 is 1.94 bits per heavy atom. The van der Waals surface area contributed by atoms with E-state index in [1.54, 1.807) is 14.0 Å². The van der Waals surface area contributed by atoms with Gasteiger partial charge >= 0.3 is 5.97 Å². The molecule has 0 aromatic heterocycles. The van der Waals surface area contributed by atoms with Gasteiger partial charge < -0.3 is 24.1 Å². The number of aliphatic hydroxyl groups excluding tert-OH is 1. The van der Waals surface area contributed by atoms with Crippen LogP contribution in [0.5, 0.6) is 0 Å². The van der Waals surface area contributed by atoms with Crippen molar-refractivity contribution in [1.82, 2.24) is 0 Å². The van der Waals surface area contributed by atoms with Crippen LogP contribution in [-0.4, -0.2) is 61.4 Å². The molecule has 0 aliphatic carbocycles. The molecule has 2 aliphatic rings. The molecule has 2 aliphatic heterocycles. The molecule has 9 atom stereocenters. The zero-order chi connectivity index (χ0) is 24.1. The van der Waals surface area contributed by atoms with E-state index in [0.29, 0.717) is 18.3 Å². The van der Waals surface area contributed by atoms with Gasteiger partial charge in [0, 0.05) is 13.0 Å². The van der Waals surface area contributed by atoms with E-state index in [0.717, 1.165) is 19.3 Å². The van der Waals surface area contributed by atoms with Crippen molar-refractivity contribution >= 4 is 5.97 Å². The first-order valence-corrected chi connectivity index (χ1v) is 12.0. The van der Waals surface area contributed by atoms with Crippen molar-refractivity contribution in [3.63, 3.8) is 0 Å². The van der Waals surface area contributed by atoms with E-state index in [2.05, 4.69) is 52.8 Å². The molecule has 0 saturated carbocycles. The minimum Gasteiger partial charge on any atom is -0.469 e. The Bertz CT molecular complexity index is 671. The molecule has 2 fully saturated rings. The number of methoxy groups -OCH3 is 2. The Balaban J connectivity index is 1.87. The molecule has 2 rings (SSSR count). The fraction of sp³-hybridized carbons (Fsp3) is 0.808. The number of aliphatic hydroxyl groups is 1.